The molecule has 3 saturated heterocycles. The second kappa shape index (κ2) is 11.2. The standard InChI is InChI=1S/C29H39ClN5O5S/c1-19(28(37)33-16-20-11-21(17-33)15-32(14-20)27(36)18-35(2,3)4)34-10-9-26(29(34)38)31-41(39,40)25-8-6-22-12-24(30)7-5-23(22)13-25/h5-8,12-13,19-21,26,31H,9-11,14-18H2,1-4H3/q+1. The van der Waals surface area contributed by atoms with Crippen molar-refractivity contribution in [3.8, 4) is 0 Å². The van der Waals surface area contributed by atoms with Gasteiger partial charge in [-0.25, -0.2) is 8.42 Å². The van der Waals surface area contributed by atoms with E-state index in [1.54, 1.807) is 37.3 Å². The van der Waals surface area contributed by atoms with Crippen molar-refractivity contribution in [3.63, 3.8) is 0 Å². The number of likely N-dealkylation sites (tertiary alicyclic amines) is 3. The maximum Gasteiger partial charge on any atom is 0.277 e. The van der Waals surface area contributed by atoms with Crippen molar-refractivity contribution in [2.45, 2.75) is 36.7 Å². The number of nitrogens with one attached hydrogen (secondary N) is 1. The van der Waals surface area contributed by atoms with Gasteiger partial charge in [-0.05, 0) is 66.6 Å². The lowest BCUT2D eigenvalue weighted by atomic mass is 9.84. The van der Waals surface area contributed by atoms with E-state index in [1.165, 1.54) is 11.0 Å². The van der Waals surface area contributed by atoms with Crippen LogP contribution in [0.25, 0.3) is 10.8 Å². The molecule has 4 unspecified atom stereocenters. The summed E-state index contributed by atoms with van der Waals surface area (Å²) >= 11 is 6.03. The van der Waals surface area contributed by atoms with Gasteiger partial charge >= 0.3 is 0 Å². The van der Waals surface area contributed by atoms with Crippen LogP contribution in [0.4, 0.5) is 0 Å². The summed E-state index contributed by atoms with van der Waals surface area (Å²) in [5.41, 5.74) is 0. The third kappa shape index (κ3) is 6.53. The van der Waals surface area contributed by atoms with E-state index in [9.17, 15) is 22.8 Å². The van der Waals surface area contributed by atoms with Crippen LogP contribution in [0.5, 0.6) is 0 Å². The highest BCUT2D eigenvalue weighted by molar-refractivity contribution is 7.89. The molecule has 3 aliphatic heterocycles. The number of likely N-dealkylation sites (N-methyl/N-ethyl adjacent to an activating group) is 1. The molecule has 0 aromatic heterocycles. The summed E-state index contributed by atoms with van der Waals surface area (Å²) in [5, 5.41) is 2.10. The zero-order valence-electron chi connectivity index (χ0n) is 24.0. The van der Waals surface area contributed by atoms with Gasteiger partial charge in [-0.1, -0.05) is 23.7 Å². The number of hydrogen-bond donors (Lipinski definition) is 1. The first-order valence-corrected chi connectivity index (χ1v) is 16.0. The normalized spacial score (nSPS) is 24.2. The summed E-state index contributed by atoms with van der Waals surface area (Å²) in [6.07, 6.45) is 1.27. The van der Waals surface area contributed by atoms with E-state index in [2.05, 4.69) is 4.72 Å². The van der Waals surface area contributed by atoms with Gasteiger partial charge in [0.15, 0.2) is 6.54 Å². The molecular weight excluding hydrogens is 566 g/mol. The highest BCUT2D eigenvalue weighted by Crippen LogP contribution is 2.30. The summed E-state index contributed by atoms with van der Waals surface area (Å²) in [4.78, 5) is 44.9. The zero-order chi connectivity index (χ0) is 29.7. The maximum atomic E-state index is 13.5. The van der Waals surface area contributed by atoms with Crippen molar-refractivity contribution < 1.29 is 27.3 Å². The molecule has 0 aliphatic carbocycles. The molecule has 0 spiro atoms. The number of piperidine rings is 2. The van der Waals surface area contributed by atoms with Crippen molar-refractivity contribution in [2.24, 2.45) is 11.8 Å². The molecule has 222 valence electrons. The lowest BCUT2D eigenvalue weighted by Crippen LogP contribution is -2.59. The molecule has 10 nitrogen and oxygen atoms in total. The topological polar surface area (TPSA) is 107 Å². The Morgan fingerprint density at radius 2 is 1.61 bits per heavy atom. The van der Waals surface area contributed by atoms with Crippen molar-refractivity contribution in [3.05, 3.63) is 41.4 Å². The molecule has 1 N–H and O–H groups in total. The SMILES string of the molecule is CC(C(=O)N1CC2CC(CN(C(=O)C[N+](C)(C)C)C2)C1)N1CCC(NS(=O)(=O)c2ccc3cc(Cl)ccc3c2)C1=O. The Balaban J connectivity index is 1.20. The molecule has 5 rings (SSSR count). The van der Waals surface area contributed by atoms with Crippen LogP contribution in [0.3, 0.4) is 0 Å². The Morgan fingerprint density at radius 3 is 2.27 bits per heavy atom. The molecule has 3 aliphatic rings. The van der Waals surface area contributed by atoms with Gasteiger partial charge < -0.3 is 19.2 Å². The maximum absolute atomic E-state index is 13.5. The smallest absolute Gasteiger partial charge is 0.277 e. The minimum Gasteiger partial charge on any atom is -0.340 e. The number of carbonyl (C=O) groups is 3. The summed E-state index contributed by atoms with van der Waals surface area (Å²) in [7, 11) is 2.04. The van der Waals surface area contributed by atoms with Crippen molar-refractivity contribution in [2.75, 3.05) is 60.4 Å². The minimum absolute atomic E-state index is 0.0662. The van der Waals surface area contributed by atoms with Gasteiger partial charge in [-0.15, -0.1) is 0 Å². The fraction of sp³-hybridized carbons (Fsp3) is 0.552. The highest BCUT2D eigenvalue weighted by atomic mass is 35.5. The predicted molar refractivity (Wildman–Crippen MR) is 157 cm³/mol. The molecule has 3 amide bonds. The van der Waals surface area contributed by atoms with Crippen LogP contribution in [0.1, 0.15) is 19.8 Å². The number of fused-ring (bicyclic) bond motifs is 3. The number of halogens is 1. The summed E-state index contributed by atoms with van der Waals surface area (Å²) in [5.74, 6) is 0.0421. The molecule has 4 atom stereocenters. The average Bonchev–Trinajstić information content (AvgIpc) is 3.24. The van der Waals surface area contributed by atoms with Crippen LogP contribution in [0.2, 0.25) is 5.02 Å². The fourth-order valence-electron chi connectivity index (χ4n) is 6.38. The van der Waals surface area contributed by atoms with Crippen LogP contribution in [-0.2, 0) is 24.4 Å². The Labute approximate surface area is 246 Å². The molecule has 2 aromatic rings. The van der Waals surface area contributed by atoms with E-state index in [4.69, 9.17) is 11.6 Å². The molecule has 2 bridgehead atoms. The van der Waals surface area contributed by atoms with Crippen molar-refractivity contribution >= 4 is 50.1 Å². The molecule has 3 fully saturated rings. The second-order valence-corrected chi connectivity index (χ2v) is 14.9. The van der Waals surface area contributed by atoms with E-state index in [1.807, 2.05) is 30.9 Å². The number of sulfonamides is 1. The number of quaternary nitrogens is 1. The van der Waals surface area contributed by atoms with E-state index < -0.39 is 28.0 Å². The van der Waals surface area contributed by atoms with Gasteiger partial charge in [-0.2, -0.15) is 4.72 Å². The van der Waals surface area contributed by atoms with Crippen molar-refractivity contribution in [1.82, 2.24) is 19.4 Å². The van der Waals surface area contributed by atoms with E-state index in [-0.39, 0.29) is 35.0 Å². The molecule has 2 aromatic carbocycles. The predicted octanol–water partition coefficient (Wildman–Crippen LogP) is 1.77. The highest BCUT2D eigenvalue weighted by Gasteiger charge is 2.43. The third-order valence-corrected chi connectivity index (χ3v) is 10.0. The second-order valence-electron chi connectivity index (χ2n) is 12.8. The minimum atomic E-state index is -3.96. The lowest BCUT2D eigenvalue weighted by Gasteiger charge is -2.47. The molecule has 12 heteroatoms. The van der Waals surface area contributed by atoms with Gasteiger partial charge in [0, 0.05) is 37.7 Å². The summed E-state index contributed by atoms with van der Waals surface area (Å²) < 4.78 is 29.4. The summed E-state index contributed by atoms with van der Waals surface area (Å²) in [6.45, 7) is 4.84. The third-order valence-electron chi connectivity index (χ3n) is 8.30. The number of carbonyl (C=O) groups excluding carboxylic acids is 3. The van der Waals surface area contributed by atoms with Gasteiger partial charge in [0.05, 0.1) is 26.0 Å². The van der Waals surface area contributed by atoms with Gasteiger partial charge in [0.1, 0.15) is 12.1 Å². The largest absolute Gasteiger partial charge is 0.340 e. The average molecular weight is 605 g/mol. The lowest BCUT2D eigenvalue weighted by molar-refractivity contribution is -0.862. The quantitative estimate of drug-likeness (QED) is 0.485. The van der Waals surface area contributed by atoms with Crippen LogP contribution in [0, 0.1) is 11.8 Å². The molecule has 0 radical (unpaired) electrons. The number of benzene rings is 2. The van der Waals surface area contributed by atoms with E-state index in [0.717, 1.165) is 17.2 Å². The Hall–Kier alpha value is -2.73. The van der Waals surface area contributed by atoms with Gasteiger partial charge in [-0.3, -0.25) is 14.4 Å². The number of hydrogen-bond acceptors (Lipinski definition) is 5. The first-order valence-electron chi connectivity index (χ1n) is 14.1. The van der Waals surface area contributed by atoms with Gasteiger partial charge in [0.25, 0.3) is 5.91 Å². The monoisotopic (exact) mass is 604 g/mol. The van der Waals surface area contributed by atoms with Crippen LogP contribution >= 0.6 is 11.6 Å². The number of nitrogens with zero attached hydrogens (tertiary/aromatic N) is 4. The number of rotatable bonds is 7. The first kappa shape index (κ1) is 29.8. The molecular formula is C29H39ClN5O5S+. The number of amides is 3. The molecule has 0 saturated carbocycles. The molecule has 3 heterocycles. The zero-order valence-corrected chi connectivity index (χ0v) is 25.6. The summed E-state index contributed by atoms with van der Waals surface area (Å²) in [6, 6.07) is 8.32. The Morgan fingerprint density at radius 1 is 1.00 bits per heavy atom. The van der Waals surface area contributed by atoms with E-state index >= 15 is 0 Å². The Kier molecular flexibility index (Phi) is 8.10. The van der Waals surface area contributed by atoms with Crippen LogP contribution in [-0.4, -0.2) is 118 Å². The van der Waals surface area contributed by atoms with Crippen LogP contribution < -0.4 is 4.72 Å². The Bertz CT molecular complexity index is 1460. The van der Waals surface area contributed by atoms with E-state index in [0.29, 0.717) is 48.8 Å². The fourth-order valence-corrected chi connectivity index (χ4v) is 7.82. The van der Waals surface area contributed by atoms with Crippen LogP contribution in [0.15, 0.2) is 41.3 Å². The first-order chi connectivity index (χ1) is 19.2. The van der Waals surface area contributed by atoms with Crippen molar-refractivity contribution in [1.29, 1.82) is 0 Å². The van der Waals surface area contributed by atoms with Gasteiger partial charge in [0.2, 0.25) is 21.8 Å². The molecule has 41 heavy (non-hydrogen) atoms.